The van der Waals surface area contributed by atoms with Crippen LogP contribution in [0.5, 0.6) is 0 Å². The van der Waals surface area contributed by atoms with Gasteiger partial charge in [-0.3, -0.25) is 23.4 Å². The third kappa shape index (κ3) is 6.79. The predicted octanol–water partition coefficient (Wildman–Crippen LogP) is 8.03. The number of fused-ring (bicyclic) bond motifs is 2. The van der Waals surface area contributed by atoms with Crippen LogP contribution in [-0.2, 0) is 26.4 Å². The van der Waals surface area contributed by atoms with Crippen molar-refractivity contribution in [1.82, 2.24) is 38.5 Å². The lowest BCUT2D eigenvalue weighted by atomic mass is 9.79. The highest BCUT2D eigenvalue weighted by atomic mass is 32.2. The first-order chi connectivity index (χ1) is 32.4. The smallest absolute Gasteiger partial charge is 0.380 e. The topological polar surface area (TPSA) is 168 Å². The number of rotatable bonds is 9. The van der Waals surface area contributed by atoms with Gasteiger partial charge in [0.25, 0.3) is 5.91 Å². The molecule has 1 saturated heterocycles. The van der Waals surface area contributed by atoms with Crippen molar-refractivity contribution in [1.29, 1.82) is 0 Å². The molecule has 1 N–H and O–H groups in total. The van der Waals surface area contributed by atoms with E-state index in [0.717, 1.165) is 35.7 Å². The number of nitrogens with zero attached hydrogens (tertiary/aromatic N) is 8. The zero-order chi connectivity index (χ0) is 47.8. The summed E-state index contributed by atoms with van der Waals surface area (Å²) in [7, 11) is -1.33. The molecule has 68 heavy (non-hydrogen) atoms. The largest absolute Gasteiger partial charge is 0.438 e. The number of imidazole rings is 1. The number of benzene rings is 3. The second-order valence-corrected chi connectivity index (χ2v) is 22.7. The average molecular weight is 946 g/mol. The highest BCUT2D eigenvalue weighted by Crippen LogP contribution is 2.56. The number of carbonyl (C=O) groups excluding carboxylic acids is 1. The van der Waals surface area contributed by atoms with Crippen molar-refractivity contribution >= 4 is 26.5 Å². The first-order valence-corrected chi connectivity index (χ1v) is 24.8. The fourth-order valence-electron chi connectivity index (χ4n) is 11.1. The van der Waals surface area contributed by atoms with Gasteiger partial charge in [0.05, 0.1) is 50.9 Å². The minimum absolute atomic E-state index is 0.00442. The van der Waals surface area contributed by atoms with E-state index in [1.54, 1.807) is 41.6 Å². The summed E-state index contributed by atoms with van der Waals surface area (Å²) in [4.78, 5) is 47.6. The molecule has 0 spiro atoms. The Bertz CT molecular complexity index is 3470. The van der Waals surface area contributed by atoms with Crippen LogP contribution in [0.15, 0.2) is 90.4 Å². The molecule has 2 aliphatic heterocycles. The highest BCUT2D eigenvalue weighted by Gasteiger charge is 2.59. The molecule has 0 unspecified atom stereocenters. The van der Waals surface area contributed by atoms with Crippen LogP contribution >= 0.6 is 0 Å². The molecule has 4 aliphatic rings. The van der Waals surface area contributed by atoms with E-state index in [9.17, 15) is 13.8 Å². The van der Waals surface area contributed by atoms with E-state index >= 15 is 13.6 Å². The van der Waals surface area contributed by atoms with Gasteiger partial charge in [-0.05, 0) is 123 Å². The average Bonchev–Trinajstić information content (AvgIpc) is 4.04. The molecule has 0 radical (unpaired) electrons. The van der Waals surface area contributed by atoms with Gasteiger partial charge < -0.3 is 14.2 Å². The molecule has 4 aromatic heterocycles. The molecule has 7 aromatic rings. The van der Waals surface area contributed by atoms with Crippen LogP contribution in [0, 0.1) is 36.8 Å². The molecule has 1 amide bonds. The molecule has 3 fully saturated rings. The standard InChI is InChI=1S/C50H53F2N9O6S/c1-27-18-34(19-28(2)43(27)52)61-44(59-17-16-58(48(59)64)40-13-11-36(22-37(40)51)68(65,53-7)35-9-10-35)42-30(4)57(15-14-38(42)55-61)45(62)41-21-32-20-31(33-24-49(5,6)26-66-25-33)8-12-39(32)60(41)50(23-29(50)3)46-54-47(63)67-56-46/h8,11-13,16-22,29-30,33,35H,9-10,14-15,23-26H2,1-7H3,(H,54,56,63)/t29-,30-,33+,50-,68+/m0/s1. The van der Waals surface area contributed by atoms with Gasteiger partial charge in [-0.25, -0.2) is 31.6 Å². The SMILES string of the molecule is CN=[S@](=O)(c1ccc(-n2ccn(-c3c4c(nn3-c3cc(C)c(F)c(C)c3)CCN(C(=O)c3cc5cc([C@H]6COCC(C)(C)C6)ccc5n3[C@@]3(c5noc(=O)[nH]5)C[C@@H]3C)[C@H]4C)c2=O)c(F)c1)C1CC1. The monoisotopic (exact) mass is 945 g/mol. The predicted molar refractivity (Wildman–Crippen MR) is 251 cm³/mol. The molecule has 2 aliphatic carbocycles. The molecule has 11 rings (SSSR count). The third-order valence-electron chi connectivity index (χ3n) is 14.8. The normalized spacial score (nSPS) is 23.1. The van der Waals surface area contributed by atoms with Crippen molar-refractivity contribution in [3.63, 3.8) is 0 Å². The number of hydrogen-bond acceptors (Lipinski definition) is 9. The number of halogens is 2. The Morgan fingerprint density at radius 2 is 1.71 bits per heavy atom. The molecule has 5 atom stereocenters. The number of aryl methyl sites for hydroxylation is 2. The molecule has 3 aromatic carbocycles. The zero-order valence-corrected chi connectivity index (χ0v) is 39.8. The van der Waals surface area contributed by atoms with Crippen molar-refractivity contribution in [2.45, 2.75) is 101 Å². The number of H-pyrrole nitrogens is 1. The van der Waals surface area contributed by atoms with Crippen LogP contribution in [0.1, 0.15) is 110 Å². The van der Waals surface area contributed by atoms with Gasteiger partial charge >= 0.3 is 11.4 Å². The van der Waals surface area contributed by atoms with Crippen molar-refractivity contribution in [2.75, 3.05) is 26.8 Å². The summed E-state index contributed by atoms with van der Waals surface area (Å²) in [5, 5.41) is 9.95. The van der Waals surface area contributed by atoms with Gasteiger partial charge in [0.15, 0.2) is 5.82 Å². The lowest BCUT2D eigenvalue weighted by Gasteiger charge is -2.35. The van der Waals surface area contributed by atoms with Crippen molar-refractivity contribution in [3.05, 3.63) is 139 Å². The quantitative estimate of drug-likeness (QED) is 0.152. The van der Waals surface area contributed by atoms with Crippen LogP contribution in [0.2, 0.25) is 0 Å². The first-order valence-electron chi connectivity index (χ1n) is 23.2. The van der Waals surface area contributed by atoms with E-state index in [1.807, 2.05) is 23.6 Å². The van der Waals surface area contributed by atoms with E-state index in [-0.39, 0.29) is 51.4 Å². The summed E-state index contributed by atoms with van der Waals surface area (Å²) in [6.07, 6.45) is 6.34. The molecular weight excluding hydrogens is 893 g/mol. The Balaban J connectivity index is 1.04. The summed E-state index contributed by atoms with van der Waals surface area (Å²) in [5.41, 5.74) is 3.25. The Morgan fingerprint density at radius 1 is 0.971 bits per heavy atom. The van der Waals surface area contributed by atoms with Crippen LogP contribution < -0.4 is 11.4 Å². The van der Waals surface area contributed by atoms with Gasteiger partial charge in [-0.2, -0.15) is 5.10 Å². The van der Waals surface area contributed by atoms with E-state index in [4.69, 9.17) is 14.4 Å². The maximum Gasteiger partial charge on any atom is 0.438 e. The van der Waals surface area contributed by atoms with Crippen molar-refractivity contribution in [2.24, 2.45) is 15.7 Å². The molecule has 0 bridgehead atoms. The minimum atomic E-state index is -2.82. The van der Waals surface area contributed by atoms with Crippen LogP contribution in [0.4, 0.5) is 8.78 Å². The number of amides is 1. The second kappa shape index (κ2) is 15.6. The van der Waals surface area contributed by atoms with Gasteiger partial charge in [0, 0.05) is 60.0 Å². The third-order valence-corrected chi connectivity index (χ3v) is 17.6. The maximum atomic E-state index is 16.1. The highest BCUT2D eigenvalue weighted by molar-refractivity contribution is 7.94. The van der Waals surface area contributed by atoms with Gasteiger partial charge in [-0.15, -0.1) is 0 Å². The number of aromatic amines is 1. The molecule has 2 saturated carbocycles. The number of aromatic nitrogens is 7. The summed E-state index contributed by atoms with van der Waals surface area (Å²) < 4.78 is 66.5. The summed E-state index contributed by atoms with van der Waals surface area (Å²) in [5.74, 6) is -1.28. The molecule has 18 heteroatoms. The van der Waals surface area contributed by atoms with E-state index < -0.39 is 38.6 Å². The molecule has 6 heterocycles. The number of hydrogen-bond donors (Lipinski definition) is 1. The summed E-state index contributed by atoms with van der Waals surface area (Å²) >= 11 is 0. The van der Waals surface area contributed by atoms with Gasteiger partial charge in [0.2, 0.25) is 0 Å². The lowest BCUT2D eigenvalue weighted by Crippen LogP contribution is -2.41. The Morgan fingerprint density at radius 3 is 2.35 bits per heavy atom. The fourth-order valence-corrected chi connectivity index (χ4v) is 13.3. The van der Waals surface area contributed by atoms with Gasteiger partial charge in [-0.1, -0.05) is 32.0 Å². The lowest BCUT2D eigenvalue weighted by molar-refractivity contribution is -0.00187. The molecule has 15 nitrogen and oxygen atoms in total. The Kier molecular flexibility index (Phi) is 10.1. The van der Waals surface area contributed by atoms with E-state index in [1.165, 1.54) is 40.7 Å². The molecule has 354 valence electrons. The van der Waals surface area contributed by atoms with Crippen LogP contribution in [0.25, 0.3) is 28.1 Å². The second-order valence-electron chi connectivity index (χ2n) is 20.0. The minimum Gasteiger partial charge on any atom is -0.380 e. The summed E-state index contributed by atoms with van der Waals surface area (Å²) in [6, 6.07) is 15.1. The molecular formula is C50H53F2N9O6S. The van der Waals surface area contributed by atoms with Crippen molar-refractivity contribution < 1.29 is 27.0 Å². The van der Waals surface area contributed by atoms with E-state index in [2.05, 4.69) is 47.4 Å². The number of nitrogens with one attached hydrogen (secondary N) is 1. The van der Waals surface area contributed by atoms with E-state index in [0.29, 0.717) is 71.5 Å². The zero-order valence-electron chi connectivity index (χ0n) is 39.0. The number of carbonyl (C=O) groups is 1. The fraction of sp³-hybridized carbons (Fsp3) is 0.420. The summed E-state index contributed by atoms with van der Waals surface area (Å²) in [6.45, 7) is 13.2. The Labute approximate surface area is 390 Å². The van der Waals surface area contributed by atoms with Crippen molar-refractivity contribution in [3.8, 4) is 17.2 Å². The number of ether oxygens (including phenoxy) is 1. The first kappa shape index (κ1) is 44.1. The van der Waals surface area contributed by atoms with Crippen LogP contribution in [-0.4, -0.2) is 80.7 Å². The maximum absolute atomic E-state index is 16.1. The van der Waals surface area contributed by atoms with Crippen LogP contribution in [0.3, 0.4) is 0 Å². The Hall–Kier alpha value is -6.40. The van der Waals surface area contributed by atoms with Gasteiger partial charge in [0.1, 0.15) is 28.7 Å².